The van der Waals surface area contributed by atoms with Gasteiger partial charge in [-0.1, -0.05) is 26.8 Å². The van der Waals surface area contributed by atoms with Gasteiger partial charge in [0, 0.05) is 34.9 Å². The van der Waals surface area contributed by atoms with Gasteiger partial charge >= 0.3 is 11.7 Å². The Morgan fingerprint density at radius 2 is 1.91 bits per heavy atom. The summed E-state index contributed by atoms with van der Waals surface area (Å²) >= 11 is 1.46. The molecule has 8 nitrogen and oxygen atoms in total. The van der Waals surface area contributed by atoms with Gasteiger partial charge in [-0.25, -0.2) is 9.59 Å². The number of nitrogens with one attached hydrogen (secondary N) is 1. The minimum Gasteiger partial charge on any atom is -0.507 e. The quantitative estimate of drug-likeness (QED) is 0.395. The summed E-state index contributed by atoms with van der Waals surface area (Å²) in [5.41, 5.74) is -1.17. The van der Waals surface area contributed by atoms with Gasteiger partial charge in [-0.2, -0.15) is 0 Å². The number of hydrogen-bond acceptors (Lipinski definition) is 8. The van der Waals surface area contributed by atoms with Crippen LogP contribution in [0.15, 0.2) is 39.7 Å². The normalized spacial score (nSPS) is 14.1. The smallest absolute Gasteiger partial charge is 0.410 e. The molecule has 0 spiro atoms. The molecule has 0 aliphatic carbocycles. The molecule has 2 heterocycles. The minimum atomic E-state index is -0.844. The second-order valence-corrected chi connectivity index (χ2v) is 9.56. The first-order valence-corrected chi connectivity index (χ1v) is 12.0. The van der Waals surface area contributed by atoms with Gasteiger partial charge in [0.2, 0.25) is 0 Å². The van der Waals surface area contributed by atoms with Gasteiger partial charge in [0.1, 0.15) is 17.1 Å². The summed E-state index contributed by atoms with van der Waals surface area (Å²) in [5, 5.41) is 13.7. The highest BCUT2D eigenvalue weighted by Gasteiger charge is 2.29. The third-order valence-corrected chi connectivity index (χ3v) is 6.70. The van der Waals surface area contributed by atoms with E-state index in [4.69, 9.17) is 9.15 Å². The molecular formula is C25H33NO7S. The molecule has 3 atom stereocenters. The van der Waals surface area contributed by atoms with Gasteiger partial charge in [0.05, 0.1) is 13.2 Å². The van der Waals surface area contributed by atoms with Crippen molar-refractivity contribution in [1.29, 1.82) is 0 Å². The zero-order valence-electron chi connectivity index (χ0n) is 20.4. The molecule has 0 aliphatic rings. The highest BCUT2D eigenvalue weighted by molar-refractivity contribution is 7.13. The molecule has 2 unspecified atom stereocenters. The van der Waals surface area contributed by atoms with E-state index < -0.39 is 23.4 Å². The summed E-state index contributed by atoms with van der Waals surface area (Å²) in [5.74, 6) is -1.45. The molecule has 0 radical (unpaired) electrons. The molecule has 0 aromatic carbocycles. The number of rotatable bonds is 11. The first-order chi connectivity index (χ1) is 16.0. The van der Waals surface area contributed by atoms with Gasteiger partial charge in [-0.3, -0.25) is 10.1 Å². The number of allylic oxidation sites excluding steroid dienone is 1. The fourth-order valence-corrected chi connectivity index (χ4v) is 4.44. The monoisotopic (exact) mass is 491 g/mol. The van der Waals surface area contributed by atoms with E-state index in [0.717, 1.165) is 9.94 Å². The number of Topliss-reactive ketones (excluding diaryl/α,β-unsaturated/α-hetero) is 1. The second kappa shape index (κ2) is 12.4. The number of ketones is 1. The molecule has 34 heavy (non-hydrogen) atoms. The summed E-state index contributed by atoms with van der Waals surface area (Å²) in [6, 6.07) is 5.13. The van der Waals surface area contributed by atoms with Crippen molar-refractivity contribution in [3.8, 4) is 10.8 Å². The molecule has 0 aliphatic heterocycles. The van der Waals surface area contributed by atoms with Crippen LogP contribution >= 0.6 is 11.3 Å². The molecule has 0 bridgehead atoms. The lowest BCUT2D eigenvalue weighted by Crippen LogP contribution is -2.24. The standard InChI is InChI=1S/C25H33NO7S/c1-14(2)32-21-11-10-20(34-21)16(4)17(5)23(28)22-18(27)13-19(33-24(22)29)15(3)9-7-8-12-26-25(30)31-6/h8,10-17,27H,7,9H2,1-6H3,(H,26,30)/b12-8+/t15?,16-,17?/m0/s1. The van der Waals surface area contributed by atoms with E-state index in [-0.39, 0.29) is 29.3 Å². The molecule has 9 heteroatoms. The minimum absolute atomic E-state index is 0.0518. The number of ether oxygens (including phenoxy) is 2. The van der Waals surface area contributed by atoms with Gasteiger partial charge < -0.3 is 19.0 Å². The molecule has 2 aromatic heterocycles. The average molecular weight is 492 g/mol. The summed E-state index contributed by atoms with van der Waals surface area (Å²) in [4.78, 5) is 37.7. The molecule has 186 valence electrons. The molecule has 0 saturated heterocycles. The zero-order chi connectivity index (χ0) is 25.4. The number of carbonyl (C=O) groups excluding carboxylic acids is 2. The summed E-state index contributed by atoms with van der Waals surface area (Å²) in [6.07, 6.45) is 3.90. The first kappa shape index (κ1) is 27.2. The second-order valence-electron chi connectivity index (χ2n) is 8.48. The van der Waals surface area contributed by atoms with Crippen molar-refractivity contribution in [2.45, 2.75) is 65.4 Å². The van der Waals surface area contributed by atoms with Crippen molar-refractivity contribution >= 4 is 23.2 Å². The maximum Gasteiger partial charge on any atom is 0.410 e. The summed E-state index contributed by atoms with van der Waals surface area (Å²) in [6.45, 7) is 9.38. The average Bonchev–Trinajstić information content (AvgIpc) is 3.24. The maximum absolute atomic E-state index is 13.1. The van der Waals surface area contributed by atoms with Crippen LogP contribution in [0.3, 0.4) is 0 Å². The van der Waals surface area contributed by atoms with Crippen LogP contribution in [0, 0.1) is 5.92 Å². The Morgan fingerprint density at radius 1 is 1.21 bits per heavy atom. The van der Waals surface area contributed by atoms with Gasteiger partial charge in [-0.05, 0) is 38.8 Å². The lowest BCUT2D eigenvalue weighted by atomic mass is 9.87. The van der Waals surface area contributed by atoms with E-state index in [9.17, 15) is 19.5 Å². The fourth-order valence-electron chi connectivity index (χ4n) is 3.30. The van der Waals surface area contributed by atoms with Crippen LogP contribution in [0.5, 0.6) is 10.8 Å². The zero-order valence-corrected chi connectivity index (χ0v) is 21.2. The molecule has 1 amide bonds. The van der Waals surface area contributed by atoms with Crippen molar-refractivity contribution < 1.29 is 28.6 Å². The number of thiophene rings is 1. The Kier molecular flexibility index (Phi) is 9.92. The number of alkyl carbamates (subject to hydrolysis) is 1. The number of carbonyl (C=O) groups is 2. The lowest BCUT2D eigenvalue weighted by molar-refractivity contribution is 0.0908. The maximum atomic E-state index is 13.1. The van der Waals surface area contributed by atoms with Crippen LogP contribution < -0.4 is 15.7 Å². The molecular weight excluding hydrogens is 458 g/mol. The largest absolute Gasteiger partial charge is 0.507 e. The summed E-state index contributed by atoms with van der Waals surface area (Å²) < 4.78 is 15.6. The molecule has 2 aromatic rings. The van der Waals surface area contributed by atoms with E-state index in [0.29, 0.717) is 18.6 Å². The van der Waals surface area contributed by atoms with Crippen LogP contribution in [-0.4, -0.2) is 30.2 Å². The van der Waals surface area contributed by atoms with Gasteiger partial charge in [-0.15, -0.1) is 11.3 Å². The topological polar surface area (TPSA) is 115 Å². The van der Waals surface area contributed by atoms with Crippen molar-refractivity contribution in [2.75, 3.05) is 7.11 Å². The third kappa shape index (κ3) is 7.21. The van der Waals surface area contributed by atoms with Crippen LogP contribution in [0.2, 0.25) is 0 Å². The Labute approximate surface area is 203 Å². The van der Waals surface area contributed by atoms with E-state index in [2.05, 4.69) is 10.1 Å². The van der Waals surface area contributed by atoms with Crippen molar-refractivity contribution in [3.05, 3.63) is 57.1 Å². The predicted molar refractivity (Wildman–Crippen MR) is 131 cm³/mol. The lowest BCUT2D eigenvalue weighted by Gasteiger charge is -2.18. The van der Waals surface area contributed by atoms with Crippen molar-refractivity contribution in [2.24, 2.45) is 5.92 Å². The SMILES string of the molecule is COC(=O)N/C=C/CCC(C)c1cc(O)c(C(=O)C(C)[C@H](C)c2ccc(OC(C)C)s2)c(=O)o1. The van der Waals surface area contributed by atoms with E-state index in [1.807, 2.05) is 39.8 Å². The van der Waals surface area contributed by atoms with Crippen LogP contribution in [0.25, 0.3) is 0 Å². The van der Waals surface area contributed by atoms with Crippen LogP contribution in [0.4, 0.5) is 4.79 Å². The molecule has 2 rings (SSSR count). The van der Waals surface area contributed by atoms with Gasteiger partial charge in [0.15, 0.2) is 10.8 Å². The van der Waals surface area contributed by atoms with Crippen molar-refractivity contribution in [3.63, 3.8) is 0 Å². The Morgan fingerprint density at radius 3 is 2.53 bits per heavy atom. The highest BCUT2D eigenvalue weighted by atomic mass is 32.1. The van der Waals surface area contributed by atoms with Gasteiger partial charge in [0.25, 0.3) is 0 Å². The Bertz CT molecular complexity index is 1070. The number of aromatic hydroxyl groups is 1. The molecule has 2 N–H and O–H groups in total. The molecule has 0 saturated carbocycles. The Hall–Kier alpha value is -3.07. The van der Waals surface area contributed by atoms with Crippen LogP contribution in [-0.2, 0) is 4.74 Å². The third-order valence-electron chi connectivity index (χ3n) is 5.52. The molecule has 0 fully saturated rings. The fraction of sp³-hybridized carbons (Fsp3) is 0.480. The van der Waals surface area contributed by atoms with Crippen LogP contribution in [0.1, 0.15) is 80.3 Å². The predicted octanol–water partition coefficient (Wildman–Crippen LogP) is 5.57. The number of hydrogen-bond donors (Lipinski definition) is 2. The van der Waals surface area contributed by atoms with Crippen molar-refractivity contribution in [1.82, 2.24) is 5.32 Å². The summed E-state index contributed by atoms with van der Waals surface area (Å²) in [7, 11) is 1.27. The number of methoxy groups -OCH3 is 1. The van der Waals surface area contributed by atoms with E-state index in [1.54, 1.807) is 13.0 Å². The number of amides is 1. The van der Waals surface area contributed by atoms with E-state index >= 15 is 0 Å². The highest BCUT2D eigenvalue weighted by Crippen LogP contribution is 2.36. The van der Waals surface area contributed by atoms with E-state index in [1.165, 1.54) is 30.7 Å². The Balaban J connectivity index is 2.09. The first-order valence-electron chi connectivity index (χ1n) is 11.2.